The predicted octanol–water partition coefficient (Wildman–Crippen LogP) is 4.27. The van der Waals surface area contributed by atoms with Crippen LogP contribution in [0.2, 0.25) is 0 Å². The molecule has 3 aromatic carbocycles. The van der Waals surface area contributed by atoms with E-state index in [9.17, 15) is 9.59 Å². The fourth-order valence-corrected chi connectivity index (χ4v) is 3.99. The molecular formula is C28H26N4O2. The molecule has 0 aliphatic carbocycles. The number of amidine groups is 1. The van der Waals surface area contributed by atoms with Crippen molar-refractivity contribution in [2.75, 3.05) is 0 Å². The van der Waals surface area contributed by atoms with Crippen molar-refractivity contribution in [2.45, 2.75) is 19.4 Å². The van der Waals surface area contributed by atoms with Gasteiger partial charge in [-0.15, -0.1) is 0 Å². The molecule has 0 aliphatic rings. The Labute approximate surface area is 198 Å². The van der Waals surface area contributed by atoms with E-state index in [1.165, 1.54) is 0 Å². The molecule has 0 unspecified atom stereocenters. The number of nitrogens with zero attached hydrogens (tertiary/aromatic N) is 1. The van der Waals surface area contributed by atoms with Crippen LogP contribution in [0.5, 0.6) is 0 Å². The highest BCUT2D eigenvalue weighted by molar-refractivity contribution is 5.97. The highest BCUT2D eigenvalue weighted by Gasteiger charge is 2.24. The van der Waals surface area contributed by atoms with Crippen molar-refractivity contribution in [3.05, 3.63) is 114 Å². The molecule has 1 atom stereocenters. The quantitative estimate of drug-likeness (QED) is 0.201. The van der Waals surface area contributed by atoms with Gasteiger partial charge in [-0.1, -0.05) is 72.8 Å². The Morgan fingerprint density at radius 3 is 2.38 bits per heavy atom. The highest BCUT2D eigenvalue weighted by atomic mass is 16.2. The van der Waals surface area contributed by atoms with E-state index in [4.69, 9.17) is 11.1 Å². The summed E-state index contributed by atoms with van der Waals surface area (Å²) in [7, 11) is 0. The molecule has 1 aromatic heterocycles. The molecule has 6 heteroatoms. The fraction of sp³-hybridized carbons (Fsp3) is 0.143. The Morgan fingerprint density at radius 1 is 0.912 bits per heavy atom. The summed E-state index contributed by atoms with van der Waals surface area (Å²) in [4.78, 5) is 30.3. The van der Waals surface area contributed by atoms with Crippen LogP contribution in [0.1, 0.15) is 33.6 Å². The topological polar surface area (TPSA) is 109 Å². The Bertz CT molecular complexity index is 1310. The Morgan fingerprint density at radius 2 is 1.65 bits per heavy atom. The van der Waals surface area contributed by atoms with E-state index < -0.39 is 5.92 Å². The molecule has 0 aliphatic heterocycles. The third-order valence-corrected chi connectivity index (χ3v) is 5.83. The van der Waals surface area contributed by atoms with E-state index in [-0.39, 0.29) is 23.9 Å². The molecule has 170 valence electrons. The maximum atomic E-state index is 13.3. The number of hydrogen-bond donors (Lipinski definition) is 3. The van der Waals surface area contributed by atoms with Crippen LogP contribution in [0.3, 0.4) is 0 Å². The van der Waals surface area contributed by atoms with Gasteiger partial charge >= 0.3 is 0 Å². The van der Waals surface area contributed by atoms with Crippen molar-refractivity contribution >= 4 is 28.3 Å². The van der Waals surface area contributed by atoms with Gasteiger partial charge in [0.25, 0.3) is 0 Å². The fourth-order valence-electron chi connectivity index (χ4n) is 3.99. The number of benzene rings is 3. The lowest BCUT2D eigenvalue weighted by atomic mass is 9.90. The van der Waals surface area contributed by atoms with Gasteiger partial charge in [-0.3, -0.25) is 20.0 Å². The van der Waals surface area contributed by atoms with Crippen molar-refractivity contribution in [1.29, 1.82) is 5.41 Å². The number of ketones is 1. The van der Waals surface area contributed by atoms with E-state index in [1.807, 2.05) is 54.6 Å². The molecule has 0 bridgehead atoms. The molecule has 4 N–H and O–H groups in total. The summed E-state index contributed by atoms with van der Waals surface area (Å²) < 4.78 is 0. The second kappa shape index (κ2) is 10.5. The van der Waals surface area contributed by atoms with E-state index in [0.717, 1.165) is 21.9 Å². The third kappa shape index (κ3) is 5.53. The number of nitrogens with two attached hydrogens (primary N) is 1. The van der Waals surface area contributed by atoms with Gasteiger partial charge in [0.15, 0.2) is 5.78 Å². The number of rotatable bonds is 9. The monoisotopic (exact) mass is 450 g/mol. The van der Waals surface area contributed by atoms with Crippen LogP contribution in [-0.4, -0.2) is 22.5 Å². The number of fused-ring (bicyclic) bond motifs is 1. The first-order valence-electron chi connectivity index (χ1n) is 11.1. The summed E-state index contributed by atoms with van der Waals surface area (Å²) in [5, 5.41) is 12.7. The van der Waals surface area contributed by atoms with Crippen LogP contribution < -0.4 is 11.1 Å². The molecular weight excluding hydrogens is 424 g/mol. The number of carbonyl (C=O) groups is 2. The minimum Gasteiger partial charge on any atom is -0.384 e. The van der Waals surface area contributed by atoms with Gasteiger partial charge in [0.1, 0.15) is 11.5 Å². The lowest BCUT2D eigenvalue weighted by Crippen LogP contribution is -2.33. The first-order valence-corrected chi connectivity index (χ1v) is 11.1. The first-order chi connectivity index (χ1) is 16.5. The molecule has 34 heavy (non-hydrogen) atoms. The molecule has 1 heterocycles. The Balaban J connectivity index is 1.54. The van der Waals surface area contributed by atoms with Gasteiger partial charge < -0.3 is 11.1 Å². The van der Waals surface area contributed by atoms with Crippen molar-refractivity contribution < 1.29 is 9.59 Å². The maximum absolute atomic E-state index is 13.3. The van der Waals surface area contributed by atoms with E-state index in [1.54, 1.807) is 36.5 Å². The largest absolute Gasteiger partial charge is 0.384 e. The molecule has 0 saturated heterocycles. The number of carbonyl (C=O) groups excluding carboxylic acids is 2. The predicted molar refractivity (Wildman–Crippen MR) is 134 cm³/mol. The van der Waals surface area contributed by atoms with Gasteiger partial charge in [-0.05, 0) is 40.5 Å². The summed E-state index contributed by atoms with van der Waals surface area (Å²) in [5.74, 6) is -0.893. The Kier molecular flexibility index (Phi) is 7.08. The summed E-state index contributed by atoms with van der Waals surface area (Å²) in [5.41, 5.74) is 8.41. The number of hydrogen-bond acceptors (Lipinski definition) is 4. The summed E-state index contributed by atoms with van der Waals surface area (Å²) in [6.07, 6.45) is 2.09. The van der Waals surface area contributed by atoms with Crippen LogP contribution >= 0.6 is 0 Å². The molecule has 6 nitrogen and oxygen atoms in total. The Hall–Kier alpha value is -4.32. The summed E-state index contributed by atoms with van der Waals surface area (Å²) in [6.45, 7) is 0.320. The normalized spacial score (nSPS) is 11.6. The zero-order valence-electron chi connectivity index (χ0n) is 18.7. The minimum absolute atomic E-state index is 0.00114. The van der Waals surface area contributed by atoms with E-state index >= 15 is 0 Å². The number of amides is 1. The molecule has 0 saturated carbocycles. The van der Waals surface area contributed by atoms with Crippen molar-refractivity contribution in [1.82, 2.24) is 10.3 Å². The number of Topliss-reactive ketones (excluding diaryl/α,β-unsaturated/α-hetero) is 1. The van der Waals surface area contributed by atoms with Crippen molar-refractivity contribution in [3.8, 4) is 0 Å². The SMILES string of the molecule is N=C(N)c1ccc(CNC(=O)[C@@H](CC(=O)c2ccccn2)Cc2cccc3ccccc23)cc1. The average Bonchev–Trinajstić information content (AvgIpc) is 2.87. The smallest absolute Gasteiger partial charge is 0.224 e. The van der Waals surface area contributed by atoms with Gasteiger partial charge in [0.05, 0.1) is 0 Å². The third-order valence-electron chi connectivity index (χ3n) is 5.83. The maximum Gasteiger partial charge on any atom is 0.224 e. The molecule has 0 radical (unpaired) electrons. The summed E-state index contributed by atoms with van der Waals surface area (Å²) in [6, 6.07) is 26.4. The molecule has 4 aromatic rings. The second-order valence-corrected chi connectivity index (χ2v) is 8.21. The van der Waals surface area contributed by atoms with Crippen LogP contribution in [0, 0.1) is 11.3 Å². The van der Waals surface area contributed by atoms with Crippen LogP contribution in [-0.2, 0) is 17.8 Å². The number of pyridine rings is 1. The number of nitrogen functional groups attached to an aromatic ring is 1. The average molecular weight is 451 g/mol. The summed E-state index contributed by atoms with van der Waals surface area (Å²) >= 11 is 0. The van der Waals surface area contributed by atoms with Crippen molar-refractivity contribution in [2.24, 2.45) is 11.7 Å². The lowest BCUT2D eigenvalue weighted by molar-refractivity contribution is -0.125. The lowest BCUT2D eigenvalue weighted by Gasteiger charge is -2.18. The van der Waals surface area contributed by atoms with E-state index in [0.29, 0.717) is 24.2 Å². The molecule has 0 fully saturated rings. The van der Waals surface area contributed by atoms with Crippen LogP contribution in [0.15, 0.2) is 91.1 Å². The zero-order valence-corrected chi connectivity index (χ0v) is 18.7. The van der Waals surface area contributed by atoms with Gasteiger partial charge in [0, 0.05) is 30.6 Å². The molecule has 0 spiro atoms. The van der Waals surface area contributed by atoms with Crippen LogP contribution in [0.25, 0.3) is 10.8 Å². The van der Waals surface area contributed by atoms with Crippen molar-refractivity contribution in [3.63, 3.8) is 0 Å². The molecule has 1 amide bonds. The zero-order chi connectivity index (χ0) is 23.9. The second-order valence-electron chi connectivity index (χ2n) is 8.21. The van der Waals surface area contributed by atoms with Gasteiger partial charge in [0.2, 0.25) is 5.91 Å². The van der Waals surface area contributed by atoms with Gasteiger partial charge in [-0.25, -0.2) is 0 Å². The first kappa shape index (κ1) is 22.9. The van der Waals surface area contributed by atoms with Crippen LogP contribution in [0.4, 0.5) is 0 Å². The molecule has 4 rings (SSSR count). The van der Waals surface area contributed by atoms with E-state index in [2.05, 4.69) is 10.3 Å². The van der Waals surface area contributed by atoms with Gasteiger partial charge in [-0.2, -0.15) is 0 Å². The minimum atomic E-state index is -0.545. The number of nitrogens with one attached hydrogen (secondary N) is 2. The number of aromatic nitrogens is 1. The highest BCUT2D eigenvalue weighted by Crippen LogP contribution is 2.23. The standard InChI is InChI=1S/C28H26N4O2/c29-27(30)21-13-11-19(12-14-21)18-32-28(34)23(17-26(33)25-10-3-4-15-31-25)16-22-8-5-7-20-6-1-2-9-24(20)22/h1-15,23H,16-18H2,(H3,29,30)(H,32,34)/t23-/m1/s1.